The molecule has 2 aliphatic rings. The number of anilines is 1. The zero-order valence-electron chi connectivity index (χ0n) is 16.1. The van der Waals surface area contributed by atoms with E-state index in [0.29, 0.717) is 26.2 Å². The van der Waals surface area contributed by atoms with Crippen LogP contribution in [0.25, 0.3) is 0 Å². The Morgan fingerprint density at radius 2 is 1.86 bits per heavy atom. The predicted molar refractivity (Wildman–Crippen MR) is 111 cm³/mol. The molecule has 2 aliphatic heterocycles. The average molecular weight is 426 g/mol. The topological polar surface area (TPSA) is 86.8 Å². The van der Waals surface area contributed by atoms with E-state index in [4.69, 9.17) is 0 Å². The van der Waals surface area contributed by atoms with Crippen LogP contribution in [0.1, 0.15) is 25.7 Å². The summed E-state index contributed by atoms with van der Waals surface area (Å²) in [6, 6.07) is 7.85. The summed E-state index contributed by atoms with van der Waals surface area (Å²) in [6.07, 6.45) is 3.08. The fraction of sp³-hybridized carbons (Fsp3) is 0.579. The van der Waals surface area contributed by atoms with Crippen LogP contribution in [0, 0.1) is 5.92 Å². The van der Waals surface area contributed by atoms with Crippen LogP contribution in [0.15, 0.2) is 29.2 Å². The highest BCUT2D eigenvalue weighted by Crippen LogP contribution is 2.34. The number of nitrogens with one attached hydrogen (secondary N) is 1. The highest BCUT2D eigenvalue weighted by Gasteiger charge is 2.26. The minimum atomic E-state index is -3.13. The van der Waals surface area contributed by atoms with E-state index in [0.717, 1.165) is 29.2 Å². The number of benzene rings is 1. The van der Waals surface area contributed by atoms with E-state index in [-0.39, 0.29) is 30.6 Å². The Balaban J connectivity index is 1.40. The van der Waals surface area contributed by atoms with E-state index < -0.39 is 10.0 Å². The quantitative estimate of drug-likeness (QED) is 0.750. The smallest absolute Gasteiger partial charge is 0.227 e. The van der Waals surface area contributed by atoms with Gasteiger partial charge in [-0.15, -0.1) is 11.8 Å². The van der Waals surface area contributed by atoms with Crippen LogP contribution in [-0.2, 0) is 19.6 Å². The van der Waals surface area contributed by atoms with E-state index in [1.807, 2.05) is 24.3 Å². The van der Waals surface area contributed by atoms with Crippen molar-refractivity contribution in [3.8, 4) is 0 Å². The normalized spacial score (nSPS) is 18.5. The molecule has 0 aromatic heterocycles. The molecule has 0 saturated carbocycles. The zero-order valence-corrected chi connectivity index (χ0v) is 17.7. The molecule has 154 valence electrons. The fourth-order valence-electron chi connectivity index (χ4n) is 3.58. The minimum Gasteiger partial charge on any atom is -0.356 e. The summed E-state index contributed by atoms with van der Waals surface area (Å²) in [6.45, 7) is 2.21. The van der Waals surface area contributed by atoms with Crippen LogP contribution in [0.5, 0.6) is 0 Å². The maximum absolute atomic E-state index is 12.6. The van der Waals surface area contributed by atoms with Crippen molar-refractivity contribution in [3.63, 3.8) is 0 Å². The monoisotopic (exact) mass is 425 g/mol. The Bertz CT molecular complexity index is 820. The number of sulfonamides is 1. The number of piperidine rings is 1. The van der Waals surface area contributed by atoms with Crippen molar-refractivity contribution in [3.05, 3.63) is 24.3 Å². The van der Waals surface area contributed by atoms with Gasteiger partial charge in [0.15, 0.2) is 0 Å². The van der Waals surface area contributed by atoms with Crippen molar-refractivity contribution in [2.24, 2.45) is 5.92 Å². The number of carbonyl (C=O) groups excluding carboxylic acids is 2. The van der Waals surface area contributed by atoms with Crippen molar-refractivity contribution >= 4 is 39.3 Å². The van der Waals surface area contributed by atoms with Gasteiger partial charge in [0.1, 0.15) is 0 Å². The minimum absolute atomic E-state index is 0.0237. The molecule has 0 atom stereocenters. The second kappa shape index (κ2) is 9.28. The molecule has 0 aliphatic carbocycles. The van der Waals surface area contributed by atoms with Crippen LogP contribution in [-0.4, -0.2) is 62.7 Å². The van der Waals surface area contributed by atoms with Crippen LogP contribution >= 0.6 is 11.8 Å². The van der Waals surface area contributed by atoms with Crippen molar-refractivity contribution in [1.82, 2.24) is 9.62 Å². The number of rotatable bonds is 6. The van der Waals surface area contributed by atoms with Crippen LogP contribution in [0.2, 0.25) is 0 Å². The summed E-state index contributed by atoms with van der Waals surface area (Å²) in [7, 11) is -3.13. The Morgan fingerprint density at radius 1 is 1.14 bits per heavy atom. The van der Waals surface area contributed by atoms with Crippen LogP contribution in [0.3, 0.4) is 0 Å². The molecule has 7 nitrogen and oxygen atoms in total. The lowest BCUT2D eigenvalue weighted by Crippen LogP contribution is -2.41. The number of hydrogen-bond donors (Lipinski definition) is 1. The maximum atomic E-state index is 12.6. The molecule has 1 saturated heterocycles. The van der Waals surface area contributed by atoms with E-state index in [1.54, 1.807) is 16.7 Å². The molecule has 0 radical (unpaired) electrons. The highest BCUT2D eigenvalue weighted by atomic mass is 32.2. The third-order valence-electron chi connectivity index (χ3n) is 5.23. The Morgan fingerprint density at radius 3 is 2.57 bits per heavy atom. The Kier molecular flexibility index (Phi) is 7.00. The van der Waals surface area contributed by atoms with Gasteiger partial charge in [-0.05, 0) is 30.9 Å². The molecule has 1 aromatic carbocycles. The molecule has 0 spiro atoms. The van der Waals surface area contributed by atoms with Gasteiger partial charge in [-0.25, -0.2) is 12.7 Å². The molecule has 0 bridgehead atoms. The number of thioether (sulfide) groups is 1. The van der Waals surface area contributed by atoms with Gasteiger partial charge in [0, 0.05) is 49.7 Å². The highest BCUT2D eigenvalue weighted by molar-refractivity contribution is 7.99. The number of nitrogens with zero attached hydrogens (tertiary/aromatic N) is 2. The lowest BCUT2D eigenvalue weighted by atomic mass is 9.98. The van der Waals surface area contributed by atoms with Crippen molar-refractivity contribution < 1.29 is 18.0 Å². The van der Waals surface area contributed by atoms with Crippen LogP contribution in [0.4, 0.5) is 5.69 Å². The molecule has 28 heavy (non-hydrogen) atoms. The van der Waals surface area contributed by atoms with Gasteiger partial charge in [-0.3, -0.25) is 9.59 Å². The molecular formula is C19H27N3O4S2. The number of carbonyl (C=O) groups is 2. The van der Waals surface area contributed by atoms with Gasteiger partial charge in [-0.2, -0.15) is 0 Å². The first-order chi connectivity index (χ1) is 13.3. The van der Waals surface area contributed by atoms with Gasteiger partial charge in [0.05, 0.1) is 11.9 Å². The number of para-hydroxylation sites is 1. The number of amides is 2. The Labute approximate surface area is 170 Å². The standard InChI is InChI=1S/C19H27N3O4S2/c1-28(25,26)21-10-8-15(9-11-21)14-20-18(23)6-7-19(24)22-12-13-27-17-5-3-2-4-16(17)22/h2-5,15H,6-14H2,1H3,(H,20,23). The van der Waals surface area contributed by atoms with Crippen molar-refractivity contribution in [1.29, 1.82) is 0 Å². The van der Waals surface area contributed by atoms with E-state index in [1.165, 1.54) is 10.6 Å². The summed E-state index contributed by atoms with van der Waals surface area (Å²) >= 11 is 1.75. The first-order valence-electron chi connectivity index (χ1n) is 9.58. The molecule has 1 fully saturated rings. The maximum Gasteiger partial charge on any atom is 0.227 e. The molecule has 2 amide bonds. The summed E-state index contributed by atoms with van der Waals surface area (Å²) < 4.78 is 24.6. The summed E-state index contributed by atoms with van der Waals surface area (Å²) in [5.41, 5.74) is 0.932. The second-order valence-electron chi connectivity index (χ2n) is 7.27. The molecule has 9 heteroatoms. The lowest BCUT2D eigenvalue weighted by Gasteiger charge is -2.30. The van der Waals surface area contributed by atoms with E-state index in [9.17, 15) is 18.0 Å². The predicted octanol–water partition coefficient (Wildman–Crippen LogP) is 1.69. The van der Waals surface area contributed by atoms with Crippen molar-refractivity contribution in [2.45, 2.75) is 30.6 Å². The average Bonchev–Trinajstić information content (AvgIpc) is 2.69. The molecule has 0 unspecified atom stereocenters. The molecule has 2 heterocycles. The summed E-state index contributed by atoms with van der Waals surface area (Å²) in [5.74, 6) is 0.993. The second-order valence-corrected chi connectivity index (χ2v) is 10.4. The van der Waals surface area contributed by atoms with Gasteiger partial charge in [0.2, 0.25) is 21.8 Å². The van der Waals surface area contributed by atoms with Crippen LogP contribution < -0.4 is 10.2 Å². The summed E-state index contributed by atoms with van der Waals surface area (Å²) in [4.78, 5) is 27.6. The first kappa shape index (κ1) is 21.1. The molecule has 3 rings (SSSR count). The van der Waals surface area contributed by atoms with Gasteiger partial charge < -0.3 is 10.2 Å². The SMILES string of the molecule is CS(=O)(=O)N1CCC(CNC(=O)CCC(=O)N2CCSc3ccccc32)CC1. The van der Waals surface area contributed by atoms with E-state index in [2.05, 4.69) is 5.32 Å². The van der Waals surface area contributed by atoms with Gasteiger partial charge >= 0.3 is 0 Å². The fourth-order valence-corrected chi connectivity index (χ4v) is 5.44. The third-order valence-corrected chi connectivity index (χ3v) is 7.57. The Hall–Kier alpha value is -1.58. The zero-order chi connectivity index (χ0) is 20.1. The molecular weight excluding hydrogens is 398 g/mol. The van der Waals surface area contributed by atoms with Gasteiger partial charge in [-0.1, -0.05) is 12.1 Å². The number of fused-ring (bicyclic) bond motifs is 1. The lowest BCUT2D eigenvalue weighted by molar-refractivity contribution is -0.125. The third kappa shape index (κ3) is 5.48. The van der Waals surface area contributed by atoms with Crippen molar-refractivity contribution in [2.75, 3.05) is 43.1 Å². The summed E-state index contributed by atoms with van der Waals surface area (Å²) in [5, 5.41) is 2.90. The largest absolute Gasteiger partial charge is 0.356 e. The van der Waals surface area contributed by atoms with E-state index >= 15 is 0 Å². The molecule has 1 N–H and O–H groups in total. The first-order valence-corrected chi connectivity index (χ1v) is 12.4. The van der Waals surface area contributed by atoms with Gasteiger partial charge in [0.25, 0.3) is 0 Å². The molecule has 1 aromatic rings. The number of hydrogen-bond acceptors (Lipinski definition) is 5.